The fourth-order valence-electron chi connectivity index (χ4n) is 7.95. The SMILES string of the molecule is CCCCCCCCCCCCc1ccc(-c2cc3cc4c(cc3o2)sc2cc3oc(-c5ccc(CCCCCCCCCCCC)s5)cc3cc24)s1. The Morgan fingerprint density at radius 3 is 1.17 bits per heavy atom. The van der Waals surface area contributed by atoms with Gasteiger partial charge in [-0.15, -0.1) is 34.0 Å². The van der Waals surface area contributed by atoms with E-state index in [9.17, 15) is 0 Å². The monoisotopic (exact) mass is 764 g/mol. The molecule has 0 bridgehead atoms. The molecule has 0 spiro atoms. The van der Waals surface area contributed by atoms with Crippen molar-refractivity contribution in [3.63, 3.8) is 0 Å². The summed E-state index contributed by atoms with van der Waals surface area (Å²) in [7, 11) is 0. The predicted octanol–water partition coefficient (Wildman–Crippen LogP) is 17.9. The minimum atomic E-state index is 0.973. The average molecular weight is 765 g/mol. The first kappa shape index (κ1) is 38.4. The summed E-state index contributed by atoms with van der Waals surface area (Å²) in [4.78, 5) is 5.43. The van der Waals surface area contributed by atoms with Gasteiger partial charge < -0.3 is 8.83 Å². The van der Waals surface area contributed by atoms with Crippen molar-refractivity contribution in [2.45, 2.75) is 155 Å². The third-order valence-electron chi connectivity index (χ3n) is 11.1. The zero-order chi connectivity index (χ0) is 36.2. The fourth-order valence-corrected chi connectivity index (χ4v) is 11.1. The maximum Gasteiger partial charge on any atom is 0.145 e. The van der Waals surface area contributed by atoms with Crippen LogP contribution in [0.15, 0.2) is 69.5 Å². The highest BCUT2D eigenvalue weighted by molar-refractivity contribution is 7.26. The van der Waals surface area contributed by atoms with Crippen LogP contribution in [0.2, 0.25) is 0 Å². The van der Waals surface area contributed by atoms with E-state index >= 15 is 0 Å². The maximum absolute atomic E-state index is 6.47. The number of aryl methyl sites for hydroxylation is 2. The number of unbranched alkanes of at least 4 members (excludes halogenated alkanes) is 18. The molecule has 5 heterocycles. The lowest BCUT2D eigenvalue weighted by Gasteiger charge is -2.01. The van der Waals surface area contributed by atoms with Crippen LogP contribution < -0.4 is 0 Å². The van der Waals surface area contributed by atoms with E-state index < -0.39 is 0 Å². The molecule has 2 nitrogen and oxygen atoms in total. The third kappa shape index (κ3) is 10.3. The Kier molecular flexibility index (Phi) is 14.2. The Hall–Kier alpha value is -2.86. The average Bonchev–Trinajstić information content (AvgIpc) is 4.01. The largest absolute Gasteiger partial charge is 0.455 e. The van der Waals surface area contributed by atoms with E-state index in [-0.39, 0.29) is 0 Å². The van der Waals surface area contributed by atoms with Gasteiger partial charge in [0.05, 0.1) is 9.75 Å². The van der Waals surface area contributed by atoms with Crippen LogP contribution in [0, 0.1) is 0 Å². The molecule has 7 aromatic rings. The highest BCUT2D eigenvalue weighted by Gasteiger charge is 2.16. The molecule has 0 saturated heterocycles. The number of hydrogen-bond acceptors (Lipinski definition) is 5. The lowest BCUT2D eigenvalue weighted by Crippen LogP contribution is -1.84. The highest BCUT2D eigenvalue weighted by Crippen LogP contribution is 2.43. The molecule has 53 heavy (non-hydrogen) atoms. The van der Waals surface area contributed by atoms with Crippen LogP contribution in [0.1, 0.15) is 152 Å². The van der Waals surface area contributed by atoms with Crippen LogP contribution >= 0.6 is 34.0 Å². The van der Waals surface area contributed by atoms with E-state index in [0.717, 1.165) is 22.7 Å². The van der Waals surface area contributed by atoms with Gasteiger partial charge in [0.1, 0.15) is 22.7 Å². The molecule has 5 heteroatoms. The standard InChI is InChI=1S/C48H60O2S3/c1-3-5-7-9-11-13-15-17-19-21-23-37-25-27-45(51-37)43-31-35-29-39-40-30-36-32-44(50-42(36)34-48(40)53-47(39)33-41(35)49-43)46-28-26-38(52-46)24-22-20-18-16-14-12-10-8-6-4-2/h25-34H,3-24H2,1-2H3. The molecule has 0 saturated carbocycles. The van der Waals surface area contributed by atoms with Crippen molar-refractivity contribution in [1.29, 1.82) is 0 Å². The molecular formula is C48H60O2S3. The Balaban J connectivity index is 0.933. The van der Waals surface area contributed by atoms with Gasteiger partial charge in [-0.3, -0.25) is 0 Å². The summed E-state index contributed by atoms with van der Waals surface area (Å²) in [5.41, 5.74) is 1.95. The van der Waals surface area contributed by atoms with Crippen molar-refractivity contribution < 1.29 is 8.83 Å². The lowest BCUT2D eigenvalue weighted by molar-refractivity contribution is 0.557. The molecule has 0 aliphatic carbocycles. The van der Waals surface area contributed by atoms with Crippen molar-refractivity contribution in [1.82, 2.24) is 0 Å². The first-order valence-electron chi connectivity index (χ1n) is 21.2. The smallest absolute Gasteiger partial charge is 0.145 e. The Morgan fingerprint density at radius 1 is 0.396 bits per heavy atom. The summed E-state index contributed by atoms with van der Waals surface area (Å²) < 4.78 is 15.5. The van der Waals surface area contributed by atoms with E-state index in [0.29, 0.717) is 0 Å². The molecule has 282 valence electrons. The minimum absolute atomic E-state index is 0.973. The molecule has 0 aliphatic heterocycles. The van der Waals surface area contributed by atoms with Crippen LogP contribution in [0.3, 0.4) is 0 Å². The Morgan fingerprint density at radius 2 is 0.774 bits per heavy atom. The zero-order valence-corrected chi connectivity index (χ0v) is 34.8. The quantitative estimate of drug-likeness (QED) is 0.0573. The van der Waals surface area contributed by atoms with Gasteiger partial charge in [-0.1, -0.05) is 129 Å². The fraction of sp³-hybridized carbons (Fsp3) is 0.500. The van der Waals surface area contributed by atoms with E-state index in [4.69, 9.17) is 8.83 Å². The van der Waals surface area contributed by atoms with Crippen LogP contribution in [0.5, 0.6) is 0 Å². The molecular weight excluding hydrogens is 705 g/mol. The number of furan rings is 2. The number of rotatable bonds is 24. The molecule has 7 rings (SSSR count). The zero-order valence-electron chi connectivity index (χ0n) is 32.4. The molecule has 0 unspecified atom stereocenters. The van der Waals surface area contributed by atoms with Crippen LogP contribution in [-0.2, 0) is 12.8 Å². The normalized spacial score (nSPS) is 12.1. The summed E-state index contributed by atoms with van der Waals surface area (Å²) in [6, 6.07) is 22.8. The second-order valence-electron chi connectivity index (χ2n) is 15.5. The first-order valence-corrected chi connectivity index (χ1v) is 23.6. The molecule has 0 N–H and O–H groups in total. The predicted molar refractivity (Wildman–Crippen MR) is 237 cm³/mol. The minimum Gasteiger partial charge on any atom is -0.455 e. The van der Waals surface area contributed by atoms with Crippen molar-refractivity contribution in [3.8, 4) is 21.3 Å². The van der Waals surface area contributed by atoms with Crippen LogP contribution in [0.25, 0.3) is 63.4 Å². The Labute approximate surface area is 330 Å². The van der Waals surface area contributed by atoms with Crippen molar-refractivity contribution >= 4 is 76.1 Å². The first-order chi connectivity index (χ1) is 26.2. The second kappa shape index (κ2) is 19.6. The Bertz CT molecular complexity index is 2000. The van der Waals surface area contributed by atoms with Gasteiger partial charge in [0.25, 0.3) is 0 Å². The van der Waals surface area contributed by atoms with Gasteiger partial charge in [-0.2, -0.15) is 0 Å². The summed E-state index contributed by atoms with van der Waals surface area (Å²) in [6.45, 7) is 4.59. The van der Waals surface area contributed by atoms with Gasteiger partial charge in [0.2, 0.25) is 0 Å². The van der Waals surface area contributed by atoms with Gasteiger partial charge in [-0.25, -0.2) is 0 Å². The molecule has 0 atom stereocenters. The van der Waals surface area contributed by atoms with Crippen molar-refractivity contribution in [2.75, 3.05) is 0 Å². The molecule has 0 amide bonds. The molecule has 2 aromatic carbocycles. The topological polar surface area (TPSA) is 26.3 Å². The maximum atomic E-state index is 6.47. The van der Waals surface area contributed by atoms with Crippen LogP contribution in [0.4, 0.5) is 0 Å². The third-order valence-corrected chi connectivity index (χ3v) is 14.5. The van der Waals surface area contributed by atoms with E-state index in [1.807, 2.05) is 34.0 Å². The van der Waals surface area contributed by atoms with Crippen LogP contribution in [-0.4, -0.2) is 0 Å². The number of fused-ring (bicyclic) bond motifs is 5. The lowest BCUT2D eigenvalue weighted by atomic mass is 10.1. The second-order valence-corrected chi connectivity index (χ2v) is 18.9. The van der Waals surface area contributed by atoms with E-state index in [1.165, 1.54) is 192 Å². The summed E-state index contributed by atoms with van der Waals surface area (Å²) in [5.74, 6) is 1.98. The van der Waals surface area contributed by atoms with Crippen molar-refractivity contribution in [2.24, 2.45) is 0 Å². The molecule has 0 aliphatic rings. The number of thiophene rings is 3. The van der Waals surface area contributed by atoms with Crippen molar-refractivity contribution in [3.05, 3.63) is 70.4 Å². The molecule has 0 radical (unpaired) electrons. The summed E-state index contributed by atoms with van der Waals surface area (Å²) in [6.07, 6.45) is 30.0. The van der Waals surface area contributed by atoms with Gasteiger partial charge in [0, 0.05) is 40.7 Å². The number of hydrogen-bond donors (Lipinski definition) is 0. The van der Waals surface area contributed by atoms with E-state index in [1.54, 1.807) is 0 Å². The summed E-state index contributed by atoms with van der Waals surface area (Å²) in [5, 5.41) is 4.96. The molecule has 5 aromatic heterocycles. The number of benzene rings is 2. The van der Waals surface area contributed by atoms with E-state index in [2.05, 4.69) is 74.5 Å². The van der Waals surface area contributed by atoms with Gasteiger partial charge in [0.15, 0.2) is 0 Å². The summed E-state index contributed by atoms with van der Waals surface area (Å²) >= 11 is 5.64. The van der Waals surface area contributed by atoms with Gasteiger partial charge >= 0.3 is 0 Å². The van der Waals surface area contributed by atoms with Gasteiger partial charge in [-0.05, 0) is 86.3 Å². The molecule has 0 fully saturated rings. The highest BCUT2D eigenvalue weighted by atomic mass is 32.1.